The number of allylic oxidation sites excluding steroid dienone is 4. The van der Waals surface area contributed by atoms with Crippen molar-refractivity contribution in [3.63, 3.8) is 0 Å². The van der Waals surface area contributed by atoms with Crippen LogP contribution in [0.4, 0.5) is 4.79 Å². The van der Waals surface area contributed by atoms with E-state index in [4.69, 9.17) is 4.42 Å². The van der Waals surface area contributed by atoms with Crippen LogP contribution in [-0.4, -0.2) is 51.7 Å². The number of carbonyl (C=O) groups is 2. The van der Waals surface area contributed by atoms with Crippen molar-refractivity contribution in [1.82, 2.24) is 10.2 Å². The summed E-state index contributed by atoms with van der Waals surface area (Å²) in [6, 6.07) is 13.4. The van der Waals surface area contributed by atoms with Gasteiger partial charge in [-0.2, -0.15) is 0 Å². The van der Waals surface area contributed by atoms with E-state index in [0.29, 0.717) is 42.4 Å². The fourth-order valence-corrected chi connectivity index (χ4v) is 14.2. The SMILES string of the molecule is C[C@@H](NC(=O)N(C[C@@H]1CC[C@H]2C[C@@H]1C2(C)C)C[C@]1(O)CC[C@H]2[C@]34C=C[C@@]5(C=C3C(=O)c3ccco3)CC(O)CC[C@]5(C)[C@H]4CC[C@@]21C)c1ccccc1. The smallest absolute Gasteiger partial charge is 0.317 e. The largest absolute Gasteiger partial charge is 0.461 e. The van der Waals surface area contributed by atoms with E-state index in [1.165, 1.54) is 12.8 Å². The number of aliphatic hydroxyl groups excluding tert-OH is 1. The lowest BCUT2D eigenvalue weighted by atomic mass is 9.32. The van der Waals surface area contributed by atoms with Crippen molar-refractivity contribution in [3.05, 3.63) is 83.9 Å². The highest BCUT2D eigenvalue weighted by Crippen LogP contribution is 2.78. The van der Waals surface area contributed by atoms with E-state index < -0.39 is 27.9 Å². The van der Waals surface area contributed by atoms with E-state index in [1.54, 1.807) is 18.4 Å². The Kier molecular flexibility index (Phi) is 7.99. The number of aliphatic hydroxyl groups is 2. The molecule has 2 spiro atoms. The average Bonchev–Trinajstić information content (AvgIpc) is 3.78. The van der Waals surface area contributed by atoms with Crippen LogP contribution >= 0.6 is 0 Å². The van der Waals surface area contributed by atoms with Gasteiger partial charge in [0.1, 0.15) is 0 Å². The van der Waals surface area contributed by atoms with E-state index >= 15 is 0 Å². The predicted octanol–water partition coefficient (Wildman–Crippen LogP) is 8.90. The first-order valence-corrected chi connectivity index (χ1v) is 20.7. The van der Waals surface area contributed by atoms with Crippen LogP contribution in [0.3, 0.4) is 0 Å². The number of carbonyl (C=O) groups excluding carboxylic acids is 2. The lowest BCUT2D eigenvalue weighted by Crippen LogP contribution is -2.67. The molecule has 0 radical (unpaired) electrons. The highest BCUT2D eigenvalue weighted by molar-refractivity contribution is 6.08. The maximum Gasteiger partial charge on any atom is 0.317 e. The first-order chi connectivity index (χ1) is 25.2. The molecule has 9 aliphatic rings. The molecule has 7 nitrogen and oxygen atoms in total. The number of amides is 2. The molecule has 2 aromatic rings. The summed E-state index contributed by atoms with van der Waals surface area (Å²) in [6.07, 6.45) is 17.1. The highest BCUT2D eigenvalue weighted by Gasteiger charge is 2.75. The predicted molar refractivity (Wildman–Crippen MR) is 205 cm³/mol. The minimum Gasteiger partial charge on any atom is -0.461 e. The standard InChI is InChI=1S/C46H60N2O5/c1-29(30-10-7-6-8-11-30)47-40(51)48(27-31-13-14-32-24-34(31)41(32,2)3)28-45(52)20-17-38-43(45,5)19-16-37-42(4)18-15-33(49)25-44(42)21-22-46(37,38)35(26-44)39(50)36-12-9-23-53-36/h6-12,21-23,26,29,31-34,37-38,49,52H,13-20,24-25,27-28H2,1-5H3,(H,47,51)/t29-,31+,32+,33?,34+,37-,38-,42-,43+,44+,45-,46-/m1/s1. The number of ketones is 1. The molecule has 2 amide bonds. The average molecular weight is 721 g/mol. The molecule has 7 heteroatoms. The van der Waals surface area contributed by atoms with Gasteiger partial charge < -0.3 is 24.8 Å². The fourth-order valence-electron chi connectivity index (χ4n) is 14.2. The molecule has 1 unspecified atom stereocenters. The molecule has 0 aliphatic heterocycles. The van der Waals surface area contributed by atoms with Gasteiger partial charge in [-0.05, 0) is 129 Å². The van der Waals surface area contributed by atoms with E-state index in [2.05, 4.69) is 63.4 Å². The van der Waals surface area contributed by atoms with Gasteiger partial charge >= 0.3 is 6.03 Å². The Bertz CT molecular complexity index is 1830. The van der Waals surface area contributed by atoms with Gasteiger partial charge in [-0.25, -0.2) is 4.79 Å². The summed E-state index contributed by atoms with van der Waals surface area (Å²) in [6.45, 7) is 12.5. The summed E-state index contributed by atoms with van der Waals surface area (Å²) >= 11 is 0. The van der Waals surface area contributed by atoms with Crippen LogP contribution in [0.25, 0.3) is 0 Å². The van der Waals surface area contributed by atoms with Crippen LogP contribution in [-0.2, 0) is 0 Å². The van der Waals surface area contributed by atoms with Crippen molar-refractivity contribution < 1.29 is 24.2 Å². The number of hydrogen-bond acceptors (Lipinski definition) is 5. The third kappa shape index (κ3) is 4.84. The van der Waals surface area contributed by atoms with Gasteiger partial charge in [-0.3, -0.25) is 4.79 Å². The summed E-state index contributed by atoms with van der Waals surface area (Å²) in [5.74, 6) is 2.26. The normalized spacial score (nSPS) is 43.4. The van der Waals surface area contributed by atoms with Crippen molar-refractivity contribution in [2.45, 2.75) is 117 Å². The maximum atomic E-state index is 14.6. The van der Waals surface area contributed by atoms with Gasteiger partial charge in [0.05, 0.1) is 30.6 Å². The van der Waals surface area contributed by atoms with Crippen LogP contribution in [0.5, 0.6) is 0 Å². The minimum atomic E-state index is -1.13. The highest BCUT2D eigenvalue weighted by atomic mass is 16.3. The molecule has 284 valence electrons. The Labute approximate surface area is 315 Å². The molecule has 0 saturated heterocycles. The molecule has 12 atom stereocenters. The molecule has 3 N–H and O–H groups in total. The first-order valence-electron chi connectivity index (χ1n) is 20.7. The molecule has 6 saturated carbocycles. The first kappa shape index (κ1) is 35.5. The lowest BCUT2D eigenvalue weighted by molar-refractivity contribution is -0.176. The quantitative estimate of drug-likeness (QED) is 0.187. The molecular formula is C46H60N2O5. The number of fused-ring (bicyclic) bond motifs is 3. The van der Waals surface area contributed by atoms with Crippen LogP contribution in [0.1, 0.15) is 121 Å². The second kappa shape index (κ2) is 11.9. The third-order valence-electron chi connectivity index (χ3n) is 17.5. The number of urea groups is 1. The molecule has 11 rings (SSSR count). The van der Waals surface area contributed by atoms with Gasteiger partial charge in [0.25, 0.3) is 0 Å². The zero-order valence-corrected chi connectivity index (χ0v) is 32.4. The van der Waals surface area contributed by atoms with Crippen molar-refractivity contribution in [3.8, 4) is 0 Å². The van der Waals surface area contributed by atoms with E-state index in [9.17, 15) is 19.8 Å². The summed E-state index contributed by atoms with van der Waals surface area (Å²) in [7, 11) is 0. The van der Waals surface area contributed by atoms with E-state index in [-0.39, 0.29) is 41.7 Å². The Morgan fingerprint density at radius 3 is 2.38 bits per heavy atom. The summed E-state index contributed by atoms with van der Waals surface area (Å²) in [4.78, 5) is 31.2. The van der Waals surface area contributed by atoms with Crippen LogP contribution in [0.15, 0.2) is 76.9 Å². The van der Waals surface area contributed by atoms with Gasteiger partial charge in [0, 0.05) is 28.4 Å². The van der Waals surface area contributed by atoms with Gasteiger partial charge in [-0.15, -0.1) is 0 Å². The number of hydrogen-bond donors (Lipinski definition) is 3. The summed E-state index contributed by atoms with van der Waals surface area (Å²) in [5, 5.41) is 27.6. The number of nitrogens with zero attached hydrogens (tertiary/aromatic N) is 1. The van der Waals surface area contributed by atoms with Crippen molar-refractivity contribution in [1.29, 1.82) is 0 Å². The molecule has 9 aliphatic carbocycles. The molecule has 1 aromatic heterocycles. The number of nitrogens with one attached hydrogen (secondary N) is 1. The Balaban J connectivity index is 1.07. The molecule has 6 fully saturated rings. The fraction of sp³-hybridized carbons (Fsp3) is 0.652. The van der Waals surface area contributed by atoms with Gasteiger partial charge in [0.2, 0.25) is 5.78 Å². The Morgan fingerprint density at radius 1 is 0.925 bits per heavy atom. The summed E-state index contributed by atoms with van der Waals surface area (Å²) < 4.78 is 5.77. The molecule has 4 bridgehead atoms. The second-order valence-corrected chi connectivity index (χ2v) is 19.8. The van der Waals surface area contributed by atoms with Crippen molar-refractivity contribution in [2.24, 2.45) is 56.7 Å². The van der Waals surface area contributed by atoms with E-state index in [0.717, 1.165) is 55.6 Å². The Hall–Kier alpha value is -3.16. The van der Waals surface area contributed by atoms with Crippen LogP contribution < -0.4 is 5.32 Å². The second-order valence-electron chi connectivity index (χ2n) is 19.8. The van der Waals surface area contributed by atoms with Crippen molar-refractivity contribution in [2.75, 3.05) is 13.1 Å². The number of rotatable bonds is 8. The van der Waals surface area contributed by atoms with Crippen LogP contribution in [0.2, 0.25) is 0 Å². The zero-order chi connectivity index (χ0) is 37.2. The summed E-state index contributed by atoms with van der Waals surface area (Å²) in [5.41, 5.74) is -0.578. The van der Waals surface area contributed by atoms with Gasteiger partial charge in [0.15, 0.2) is 5.76 Å². The molecule has 1 aromatic carbocycles. The maximum absolute atomic E-state index is 14.6. The Morgan fingerprint density at radius 2 is 1.66 bits per heavy atom. The molecule has 53 heavy (non-hydrogen) atoms. The van der Waals surface area contributed by atoms with Crippen molar-refractivity contribution >= 4 is 11.8 Å². The third-order valence-corrected chi connectivity index (χ3v) is 17.5. The lowest BCUT2D eigenvalue weighted by Gasteiger charge is -2.71. The van der Waals surface area contributed by atoms with E-state index in [1.807, 2.05) is 30.0 Å². The zero-order valence-electron chi connectivity index (χ0n) is 32.4. The van der Waals surface area contributed by atoms with Crippen LogP contribution in [0, 0.1) is 56.7 Å². The number of furan rings is 1. The molecule has 1 heterocycles. The molecular weight excluding hydrogens is 661 g/mol. The number of benzene rings is 1. The monoisotopic (exact) mass is 720 g/mol. The number of Topliss-reactive ketones (excluding diaryl/α,β-unsaturated/α-hetero) is 1. The van der Waals surface area contributed by atoms with Gasteiger partial charge in [-0.1, -0.05) is 76.3 Å². The minimum absolute atomic E-state index is 0.0105. The topological polar surface area (TPSA) is 103 Å².